The number of carbonyl (C=O) groups is 2. The first-order valence-corrected chi connectivity index (χ1v) is 10.3. The molecule has 0 N–H and O–H groups in total. The van der Waals surface area contributed by atoms with E-state index in [-0.39, 0.29) is 24.9 Å². The number of rotatable bonds is 8. The summed E-state index contributed by atoms with van der Waals surface area (Å²) in [7, 11) is 3.50. The van der Waals surface area contributed by atoms with Crippen LogP contribution in [-0.4, -0.2) is 35.1 Å². The van der Waals surface area contributed by atoms with Crippen LogP contribution in [0.2, 0.25) is 0 Å². The molecule has 4 rings (SSSR count). The highest BCUT2D eigenvalue weighted by molar-refractivity contribution is 5.99. The highest BCUT2D eigenvalue weighted by atomic mass is 16.5. The number of anilines is 1. The molecule has 3 aromatic rings. The Labute approximate surface area is 186 Å². The molecule has 8 nitrogen and oxygen atoms in total. The van der Waals surface area contributed by atoms with E-state index < -0.39 is 5.92 Å². The van der Waals surface area contributed by atoms with Crippen molar-refractivity contribution in [3.8, 4) is 11.5 Å². The molecule has 1 amide bonds. The number of aryl methyl sites for hydroxylation is 1. The van der Waals surface area contributed by atoms with E-state index in [2.05, 4.69) is 4.98 Å². The summed E-state index contributed by atoms with van der Waals surface area (Å²) in [5.41, 5.74) is 1.59. The van der Waals surface area contributed by atoms with Gasteiger partial charge in [-0.15, -0.1) is 0 Å². The third kappa shape index (κ3) is 4.91. The molecule has 8 heteroatoms. The van der Waals surface area contributed by atoms with Crippen molar-refractivity contribution in [1.82, 2.24) is 9.55 Å². The predicted molar refractivity (Wildman–Crippen MR) is 117 cm³/mol. The number of aromatic nitrogens is 2. The molecule has 1 saturated heterocycles. The van der Waals surface area contributed by atoms with Crippen molar-refractivity contribution in [3.05, 3.63) is 72.3 Å². The van der Waals surface area contributed by atoms with E-state index in [0.717, 1.165) is 17.1 Å². The van der Waals surface area contributed by atoms with Crippen molar-refractivity contribution in [1.29, 1.82) is 0 Å². The zero-order valence-corrected chi connectivity index (χ0v) is 18.1. The molecule has 2 heterocycles. The van der Waals surface area contributed by atoms with Gasteiger partial charge < -0.3 is 23.7 Å². The second-order valence-electron chi connectivity index (χ2n) is 7.60. The molecule has 0 unspecified atom stereocenters. The summed E-state index contributed by atoms with van der Waals surface area (Å²) in [4.78, 5) is 30.7. The lowest BCUT2D eigenvalue weighted by atomic mass is 10.1. The monoisotopic (exact) mass is 435 g/mol. The average Bonchev–Trinajstić information content (AvgIpc) is 3.42. The smallest absolute Gasteiger partial charge is 0.311 e. The lowest BCUT2D eigenvalue weighted by Crippen LogP contribution is -2.26. The van der Waals surface area contributed by atoms with Gasteiger partial charge in [-0.3, -0.25) is 9.59 Å². The number of ether oxygens (including phenoxy) is 3. The van der Waals surface area contributed by atoms with Crippen LogP contribution in [0, 0.1) is 5.92 Å². The van der Waals surface area contributed by atoms with Crippen LogP contribution in [0.25, 0.3) is 0 Å². The summed E-state index contributed by atoms with van der Waals surface area (Å²) in [6.07, 6.45) is 3.74. The number of amides is 1. The van der Waals surface area contributed by atoms with Gasteiger partial charge in [0.25, 0.3) is 0 Å². The normalized spacial score (nSPS) is 15.6. The van der Waals surface area contributed by atoms with Gasteiger partial charge in [0.1, 0.15) is 30.5 Å². The summed E-state index contributed by atoms with van der Waals surface area (Å²) < 4.78 is 18.2. The first-order chi connectivity index (χ1) is 15.5. The van der Waals surface area contributed by atoms with Crippen molar-refractivity contribution in [2.75, 3.05) is 18.6 Å². The predicted octanol–water partition coefficient (Wildman–Crippen LogP) is 3.10. The topological polar surface area (TPSA) is 82.9 Å². The Morgan fingerprint density at radius 1 is 1.06 bits per heavy atom. The molecule has 1 aliphatic heterocycles. The second-order valence-corrected chi connectivity index (χ2v) is 7.60. The number of imidazole rings is 1. The molecule has 0 radical (unpaired) electrons. The fraction of sp³-hybridized carbons (Fsp3) is 0.292. The zero-order valence-electron chi connectivity index (χ0n) is 18.1. The van der Waals surface area contributed by atoms with Crippen molar-refractivity contribution >= 4 is 17.6 Å². The fourth-order valence-corrected chi connectivity index (χ4v) is 3.51. The Kier molecular flexibility index (Phi) is 6.39. The van der Waals surface area contributed by atoms with Gasteiger partial charge in [-0.1, -0.05) is 12.1 Å². The molecule has 1 aliphatic rings. The van der Waals surface area contributed by atoms with E-state index in [1.807, 2.05) is 54.2 Å². The minimum absolute atomic E-state index is 0.0914. The van der Waals surface area contributed by atoms with Gasteiger partial charge >= 0.3 is 5.97 Å². The molecule has 1 fully saturated rings. The van der Waals surface area contributed by atoms with Crippen LogP contribution in [0.15, 0.2) is 60.9 Å². The lowest BCUT2D eigenvalue weighted by Gasteiger charge is -2.17. The number of benzene rings is 2. The molecule has 0 aliphatic carbocycles. The quantitative estimate of drug-likeness (QED) is 0.506. The van der Waals surface area contributed by atoms with Gasteiger partial charge in [-0.05, 0) is 42.0 Å². The van der Waals surface area contributed by atoms with Crippen LogP contribution in [0.4, 0.5) is 5.69 Å². The minimum atomic E-state index is -0.481. The zero-order chi connectivity index (χ0) is 22.5. The minimum Gasteiger partial charge on any atom is -0.497 e. The standard InChI is InChI=1S/C24H25N3O5/c1-26-12-11-25-22(26)16-31-21-7-3-17(4-8-21)15-32-24(29)18-13-23(28)27(14-18)19-5-9-20(30-2)10-6-19/h3-12,18H,13-16H2,1-2H3/t18-/m1/s1. The average molecular weight is 435 g/mol. The van der Waals surface area contributed by atoms with Crippen LogP contribution < -0.4 is 14.4 Å². The van der Waals surface area contributed by atoms with Gasteiger partial charge in [0, 0.05) is 38.1 Å². The molecule has 32 heavy (non-hydrogen) atoms. The van der Waals surface area contributed by atoms with Gasteiger partial charge in [0.15, 0.2) is 0 Å². The van der Waals surface area contributed by atoms with E-state index in [1.54, 1.807) is 30.3 Å². The molecule has 1 aromatic heterocycles. The highest BCUT2D eigenvalue weighted by Gasteiger charge is 2.36. The van der Waals surface area contributed by atoms with E-state index in [4.69, 9.17) is 14.2 Å². The first kappa shape index (κ1) is 21.4. The van der Waals surface area contributed by atoms with Crippen molar-refractivity contribution in [2.24, 2.45) is 13.0 Å². The maximum atomic E-state index is 12.5. The molecule has 2 aromatic carbocycles. The first-order valence-electron chi connectivity index (χ1n) is 10.3. The third-order valence-electron chi connectivity index (χ3n) is 5.44. The van der Waals surface area contributed by atoms with Gasteiger partial charge in [-0.25, -0.2) is 4.98 Å². The number of carbonyl (C=O) groups excluding carboxylic acids is 2. The van der Waals surface area contributed by atoms with Crippen molar-refractivity contribution in [2.45, 2.75) is 19.6 Å². The van der Waals surface area contributed by atoms with Crippen LogP contribution in [0.5, 0.6) is 11.5 Å². The number of hydrogen-bond donors (Lipinski definition) is 0. The maximum absolute atomic E-state index is 12.5. The molecule has 166 valence electrons. The van der Waals surface area contributed by atoms with Gasteiger partial charge in [0.2, 0.25) is 5.91 Å². The Balaban J connectivity index is 1.27. The van der Waals surface area contributed by atoms with Gasteiger partial charge in [-0.2, -0.15) is 0 Å². The van der Waals surface area contributed by atoms with Crippen molar-refractivity contribution < 1.29 is 23.8 Å². The van der Waals surface area contributed by atoms with Crippen LogP contribution in [-0.2, 0) is 34.6 Å². The summed E-state index contributed by atoms with van der Waals surface area (Å²) in [6.45, 7) is 0.827. The summed E-state index contributed by atoms with van der Waals surface area (Å²) in [5.74, 6) is 1.31. The Morgan fingerprint density at radius 2 is 1.78 bits per heavy atom. The molecule has 0 spiro atoms. The van der Waals surface area contributed by atoms with Crippen LogP contribution >= 0.6 is 0 Å². The maximum Gasteiger partial charge on any atom is 0.311 e. The summed E-state index contributed by atoms with van der Waals surface area (Å²) in [6, 6.07) is 14.6. The third-order valence-corrected chi connectivity index (χ3v) is 5.44. The van der Waals surface area contributed by atoms with E-state index >= 15 is 0 Å². The Bertz CT molecular complexity index is 1080. The summed E-state index contributed by atoms with van der Waals surface area (Å²) >= 11 is 0. The number of nitrogens with zero attached hydrogens (tertiary/aromatic N) is 3. The lowest BCUT2D eigenvalue weighted by molar-refractivity contribution is -0.149. The Hall–Kier alpha value is -3.81. The van der Waals surface area contributed by atoms with E-state index in [9.17, 15) is 9.59 Å². The van der Waals surface area contributed by atoms with E-state index in [0.29, 0.717) is 24.7 Å². The van der Waals surface area contributed by atoms with Gasteiger partial charge in [0.05, 0.1) is 13.0 Å². The Morgan fingerprint density at radius 3 is 2.44 bits per heavy atom. The van der Waals surface area contributed by atoms with Crippen LogP contribution in [0.3, 0.4) is 0 Å². The second kappa shape index (κ2) is 9.55. The molecule has 0 bridgehead atoms. The number of methoxy groups -OCH3 is 1. The molecule has 0 saturated carbocycles. The van der Waals surface area contributed by atoms with Crippen molar-refractivity contribution in [3.63, 3.8) is 0 Å². The number of hydrogen-bond acceptors (Lipinski definition) is 6. The van der Waals surface area contributed by atoms with Crippen LogP contribution in [0.1, 0.15) is 17.8 Å². The van der Waals surface area contributed by atoms with E-state index in [1.165, 1.54) is 0 Å². The fourth-order valence-electron chi connectivity index (χ4n) is 3.51. The largest absolute Gasteiger partial charge is 0.497 e. The summed E-state index contributed by atoms with van der Waals surface area (Å²) in [5, 5.41) is 0. The number of esters is 1. The molecule has 1 atom stereocenters. The molecular formula is C24H25N3O5. The molecular weight excluding hydrogens is 410 g/mol. The highest BCUT2D eigenvalue weighted by Crippen LogP contribution is 2.27. The SMILES string of the molecule is COc1ccc(N2C[C@H](C(=O)OCc3ccc(OCc4nccn4C)cc3)CC2=O)cc1.